The van der Waals surface area contributed by atoms with Gasteiger partial charge in [0.05, 0.1) is 21.7 Å². The lowest BCUT2D eigenvalue weighted by molar-refractivity contribution is 0.0940. The highest BCUT2D eigenvalue weighted by Crippen LogP contribution is 2.26. The summed E-state index contributed by atoms with van der Waals surface area (Å²) in [6, 6.07) is 12.2. The molecule has 0 radical (unpaired) electrons. The molecule has 3 nitrogen and oxygen atoms in total. The van der Waals surface area contributed by atoms with Crippen LogP contribution < -0.4 is 11.1 Å². The normalized spacial score (nSPS) is 11.9. The molecule has 2 aromatic carbocycles. The van der Waals surface area contributed by atoms with E-state index in [1.54, 1.807) is 24.3 Å². The van der Waals surface area contributed by atoms with Crippen LogP contribution in [-0.2, 0) is 0 Å². The van der Waals surface area contributed by atoms with Gasteiger partial charge in [0, 0.05) is 5.69 Å². The lowest BCUT2D eigenvalue weighted by atomic mass is 10.1. The molecule has 2 rings (SSSR count). The first-order valence-electron chi connectivity index (χ1n) is 6.09. The maximum Gasteiger partial charge on any atom is 0.253 e. The standard InChI is InChI=1S/C15H14Cl2N2O/c1-9(10-4-2-5-11(18)8-10)19-15(20)12-6-3-7-13(16)14(12)17/h2-9H,18H2,1H3,(H,19,20). The van der Waals surface area contributed by atoms with Gasteiger partial charge in [-0.25, -0.2) is 0 Å². The zero-order valence-corrected chi connectivity index (χ0v) is 12.4. The number of hydrogen-bond donors (Lipinski definition) is 2. The van der Waals surface area contributed by atoms with E-state index in [0.717, 1.165) is 5.56 Å². The Labute approximate surface area is 127 Å². The summed E-state index contributed by atoms with van der Waals surface area (Å²) in [5, 5.41) is 3.48. The topological polar surface area (TPSA) is 55.1 Å². The van der Waals surface area contributed by atoms with Gasteiger partial charge in [-0.1, -0.05) is 41.4 Å². The van der Waals surface area contributed by atoms with Crippen molar-refractivity contribution in [2.45, 2.75) is 13.0 Å². The average Bonchev–Trinajstić information content (AvgIpc) is 2.41. The number of benzene rings is 2. The molecule has 3 N–H and O–H groups in total. The van der Waals surface area contributed by atoms with Crippen LogP contribution in [0.25, 0.3) is 0 Å². The van der Waals surface area contributed by atoms with Crippen molar-refractivity contribution in [1.82, 2.24) is 5.32 Å². The quantitative estimate of drug-likeness (QED) is 0.840. The second-order valence-corrected chi connectivity index (χ2v) is 5.25. The first-order chi connectivity index (χ1) is 9.49. The number of rotatable bonds is 3. The molecule has 0 aromatic heterocycles. The first kappa shape index (κ1) is 14.7. The van der Waals surface area contributed by atoms with Gasteiger partial charge in [0.25, 0.3) is 5.91 Å². The summed E-state index contributed by atoms with van der Waals surface area (Å²) in [7, 11) is 0. The molecule has 20 heavy (non-hydrogen) atoms. The van der Waals surface area contributed by atoms with Gasteiger partial charge < -0.3 is 11.1 Å². The molecule has 1 amide bonds. The highest BCUT2D eigenvalue weighted by Gasteiger charge is 2.15. The summed E-state index contributed by atoms with van der Waals surface area (Å²) in [5.41, 5.74) is 7.67. The average molecular weight is 309 g/mol. The van der Waals surface area contributed by atoms with Gasteiger partial charge in [-0.2, -0.15) is 0 Å². The summed E-state index contributed by atoms with van der Waals surface area (Å²) in [6.45, 7) is 1.88. The number of anilines is 1. The highest BCUT2D eigenvalue weighted by molar-refractivity contribution is 6.43. The summed E-state index contributed by atoms with van der Waals surface area (Å²) in [6.07, 6.45) is 0. The molecule has 0 heterocycles. The van der Waals surface area contributed by atoms with Crippen molar-refractivity contribution in [3.8, 4) is 0 Å². The zero-order chi connectivity index (χ0) is 14.7. The zero-order valence-electron chi connectivity index (χ0n) is 10.9. The third kappa shape index (κ3) is 3.24. The summed E-state index contributed by atoms with van der Waals surface area (Å²) >= 11 is 11.9. The molecule has 0 aliphatic rings. The monoisotopic (exact) mass is 308 g/mol. The van der Waals surface area contributed by atoms with Crippen LogP contribution in [0.15, 0.2) is 42.5 Å². The van der Waals surface area contributed by atoms with E-state index in [0.29, 0.717) is 16.3 Å². The summed E-state index contributed by atoms with van der Waals surface area (Å²) in [5.74, 6) is -0.271. The molecular formula is C15H14Cl2N2O. The third-order valence-electron chi connectivity index (χ3n) is 2.95. The van der Waals surface area contributed by atoms with E-state index >= 15 is 0 Å². The molecule has 104 valence electrons. The molecule has 0 aliphatic heterocycles. The third-order valence-corrected chi connectivity index (χ3v) is 3.77. The Morgan fingerprint density at radius 2 is 1.90 bits per heavy atom. The fourth-order valence-corrected chi connectivity index (χ4v) is 2.25. The minimum absolute atomic E-state index is 0.180. The fourth-order valence-electron chi connectivity index (χ4n) is 1.87. The molecule has 1 atom stereocenters. The maximum absolute atomic E-state index is 12.2. The molecule has 0 fully saturated rings. The molecular weight excluding hydrogens is 295 g/mol. The van der Waals surface area contributed by atoms with E-state index in [1.165, 1.54) is 0 Å². The number of halogens is 2. The number of nitrogens with one attached hydrogen (secondary N) is 1. The van der Waals surface area contributed by atoms with Gasteiger partial charge in [0.15, 0.2) is 0 Å². The van der Waals surface area contributed by atoms with E-state index in [1.807, 2.05) is 25.1 Å². The van der Waals surface area contributed by atoms with Crippen LogP contribution in [0.2, 0.25) is 10.0 Å². The van der Waals surface area contributed by atoms with Crippen LogP contribution in [0, 0.1) is 0 Å². The Bertz CT molecular complexity index is 644. The van der Waals surface area contributed by atoms with Gasteiger partial charge >= 0.3 is 0 Å². The first-order valence-corrected chi connectivity index (χ1v) is 6.85. The van der Waals surface area contributed by atoms with Crippen LogP contribution in [0.5, 0.6) is 0 Å². The summed E-state index contributed by atoms with van der Waals surface area (Å²) in [4.78, 5) is 12.2. The Balaban J connectivity index is 2.17. The van der Waals surface area contributed by atoms with Gasteiger partial charge in [-0.3, -0.25) is 4.79 Å². The lowest BCUT2D eigenvalue weighted by Crippen LogP contribution is -2.27. The van der Waals surface area contributed by atoms with E-state index in [-0.39, 0.29) is 17.0 Å². The second-order valence-electron chi connectivity index (χ2n) is 4.47. The number of carbonyl (C=O) groups is 1. The van der Waals surface area contributed by atoms with Crippen LogP contribution in [0.3, 0.4) is 0 Å². The molecule has 0 saturated heterocycles. The molecule has 1 unspecified atom stereocenters. The Hall–Kier alpha value is -1.71. The number of hydrogen-bond acceptors (Lipinski definition) is 2. The number of carbonyl (C=O) groups excluding carboxylic acids is 1. The van der Waals surface area contributed by atoms with Gasteiger partial charge in [0.2, 0.25) is 0 Å². The van der Waals surface area contributed by atoms with Crippen LogP contribution >= 0.6 is 23.2 Å². The predicted molar refractivity (Wildman–Crippen MR) is 83.2 cm³/mol. The molecule has 2 aromatic rings. The lowest BCUT2D eigenvalue weighted by Gasteiger charge is -2.15. The van der Waals surface area contributed by atoms with E-state index in [4.69, 9.17) is 28.9 Å². The minimum Gasteiger partial charge on any atom is -0.399 e. The second kappa shape index (κ2) is 6.16. The smallest absolute Gasteiger partial charge is 0.253 e. The largest absolute Gasteiger partial charge is 0.399 e. The van der Waals surface area contributed by atoms with E-state index < -0.39 is 0 Å². The Kier molecular flexibility index (Phi) is 4.53. The summed E-state index contributed by atoms with van der Waals surface area (Å²) < 4.78 is 0. The SMILES string of the molecule is CC(NC(=O)c1cccc(Cl)c1Cl)c1cccc(N)c1. The molecule has 0 bridgehead atoms. The maximum atomic E-state index is 12.2. The predicted octanol–water partition coefficient (Wildman–Crippen LogP) is 4.07. The molecule has 5 heteroatoms. The van der Waals surface area contributed by atoms with Crippen molar-refractivity contribution in [2.24, 2.45) is 0 Å². The molecule has 0 spiro atoms. The fraction of sp³-hybridized carbons (Fsp3) is 0.133. The van der Waals surface area contributed by atoms with E-state index in [2.05, 4.69) is 5.32 Å². The van der Waals surface area contributed by atoms with Crippen LogP contribution in [0.1, 0.15) is 28.9 Å². The van der Waals surface area contributed by atoms with Crippen LogP contribution in [0.4, 0.5) is 5.69 Å². The minimum atomic E-state index is -0.271. The van der Waals surface area contributed by atoms with Crippen LogP contribution in [-0.4, -0.2) is 5.91 Å². The van der Waals surface area contributed by atoms with Gasteiger partial charge in [-0.15, -0.1) is 0 Å². The number of nitrogen functional groups attached to an aromatic ring is 1. The molecule has 0 saturated carbocycles. The number of nitrogens with two attached hydrogens (primary N) is 1. The highest BCUT2D eigenvalue weighted by atomic mass is 35.5. The van der Waals surface area contributed by atoms with Crippen molar-refractivity contribution in [1.29, 1.82) is 0 Å². The van der Waals surface area contributed by atoms with Crippen molar-refractivity contribution in [3.05, 3.63) is 63.6 Å². The van der Waals surface area contributed by atoms with Gasteiger partial charge in [0.1, 0.15) is 0 Å². The van der Waals surface area contributed by atoms with E-state index in [9.17, 15) is 4.79 Å². The van der Waals surface area contributed by atoms with Crippen molar-refractivity contribution < 1.29 is 4.79 Å². The van der Waals surface area contributed by atoms with Crippen molar-refractivity contribution >= 4 is 34.8 Å². The molecule has 0 aliphatic carbocycles. The number of amides is 1. The van der Waals surface area contributed by atoms with Crippen molar-refractivity contribution in [2.75, 3.05) is 5.73 Å². The Morgan fingerprint density at radius 1 is 1.20 bits per heavy atom. The van der Waals surface area contributed by atoms with Crippen molar-refractivity contribution in [3.63, 3.8) is 0 Å². The van der Waals surface area contributed by atoms with Gasteiger partial charge in [-0.05, 0) is 36.8 Å². The Morgan fingerprint density at radius 3 is 2.60 bits per heavy atom.